The van der Waals surface area contributed by atoms with Crippen LogP contribution in [0.2, 0.25) is 0 Å². The lowest BCUT2D eigenvalue weighted by atomic mass is 9.92. The van der Waals surface area contributed by atoms with Crippen LogP contribution in [0.4, 0.5) is 0 Å². The maximum absolute atomic E-state index is 10.7. The summed E-state index contributed by atoms with van der Waals surface area (Å²) in [5.74, 6) is 0.428. The number of nitrogens with zero attached hydrogens (tertiary/aromatic N) is 1. The van der Waals surface area contributed by atoms with Gasteiger partial charge in [0, 0.05) is 19.5 Å². The molecule has 3 nitrogen and oxygen atoms in total. The van der Waals surface area contributed by atoms with E-state index in [1.807, 2.05) is 0 Å². The highest BCUT2D eigenvalue weighted by Crippen LogP contribution is 2.24. The predicted octanol–water partition coefficient (Wildman–Crippen LogP) is 3.37. The molecule has 0 spiro atoms. The number of hydrogen-bond acceptors (Lipinski definition) is 2. The van der Waals surface area contributed by atoms with Gasteiger partial charge in [0.25, 0.3) is 0 Å². The van der Waals surface area contributed by atoms with Gasteiger partial charge in [0.2, 0.25) is 0 Å². The van der Waals surface area contributed by atoms with Gasteiger partial charge < -0.3 is 10.0 Å². The number of carbonyl (C=O) groups is 1. The number of piperidine rings is 1. The van der Waals surface area contributed by atoms with E-state index in [-0.39, 0.29) is 0 Å². The summed E-state index contributed by atoms with van der Waals surface area (Å²) in [5.41, 5.74) is 1.39. The van der Waals surface area contributed by atoms with Gasteiger partial charge in [-0.25, -0.2) is 0 Å². The second-order valence-corrected chi connectivity index (χ2v) is 6.01. The molecule has 3 heteroatoms. The van der Waals surface area contributed by atoms with Crippen molar-refractivity contribution in [2.45, 2.75) is 38.5 Å². The maximum Gasteiger partial charge on any atom is 0.303 e. The van der Waals surface area contributed by atoms with Crippen LogP contribution in [-0.2, 0) is 4.79 Å². The third-order valence-electron chi connectivity index (χ3n) is 4.27. The minimum absolute atomic E-state index is 0.312. The summed E-state index contributed by atoms with van der Waals surface area (Å²) in [6, 6.07) is 10.6. The molecule has 0 radical (unpaired) electrons. The first kappa shape index (κ1) is 15.0. The second kappa shape index (κ2) is 7.44. The van der Waals surface area contributed by atoms with Crippen LogP contribution in [0.5, 0.6) is 0 Å². The normalized spacial score (nSPS) is 21.6. The van der Waals surface area contributed by atoms with E-state index in [0.717, 1.165) is 26.1 Å². The first-order valence-electron chi connectivity index (χ1n) is 7.64. The minimum Gasteiger partial charge on any atom is -0.481 e. The first-order valence-corrected chi connectivity index (χ1v) is 7.64. The Morgan fingerprint density at radius 1 is 1.40 bits per heavy atom. The summed E-state index contributed by atoms with van der Waals surface area (Å²) in [5, 5.41) is 8.79. The molecule has 0 bridgehead atoms. The Bertz CT molecular complexity index is 418. The predicted molar refractivity (Wildman–Crippen MR) is 80.9 cm³/mol. The highest BCUT2D eigenvalue weighted by atomic mass is 16.4. The van der Waals surface area contributed by atoms with Crippen molar-refractivity contribution < 1.29 is 9.90 Å². The molecule has 1 fully saturated rings. The van der Waals surface area contributed by atoms with Crippen molar-refractivity contribution in [1.82, 2.24) is 4.90 Å². The first-order chi connectivity index (χ1) is 9.65. The highest BCUT2D eigenvalue weighted by molar-refractivity contribution is 5.66. The van der Waals surface area contributed by atoms with Crippen molar-refractivity contribution in [3.8, 4) is 0 Å². The van der Waals surface area contributed by atoms with E-state index in [1.165, 1.54) is 18.4 Å². The lowest BCUT2D eigenvalue weighted by molar-refractivity contribution is -0.137. The van der Waals surface area contributed by atoms with Gasteiger partial charge in [-0.15, -0.1) is 0 Å². The summed E-state index contributed by atoms with van der Waals surface area (Å²) in [4.78, 5) is 13.2. The second-order valence-electron chi connectivity index (χ2n) is 6.01. The van der Waals surface area contributed by atoms with Gasteiger partial charge in [0.15, 0.2) is 0 Å². The Morgan fingerprint density at radius 3 is 2.85 bits per heavy atom. The smallest absolute Gasteiger partial charge is 0.303 e. The van der Waals surface area contributed by atoms with Gasteiger partial charge in [-0.05, 0) is 43.2 Å². The number of likely N-dealkylation sites (tertiary alicyclic amines) is 1. The molecule has 1 aliphatic heterocycles. The number of hydrogen-bond donors (Lipinski definition) is 1. The molecule has 1 heterocycles. The Hall–Kier alpha value is -1.35. The summed E-state index contributed by atoms with van der Waals surface area (Å²) in [6.45, 7) is 5.56. The Balaban J connectivity index is 1.82. The average Bonchev–Trinajstić information content (AvgIpc) is 2.46. The molecule has 20 heavy (non-hydrogen) atoms. The molecule has 1 aromatic carbocycles. The van der Waals surface area contributed by atoms with E-state index in [9.17, 15) is 4.79 Å². The van der Waals surface area contributed by atoms with E-state index in [4.69, 9.17) is 5.11 Å². The van der Waals surface area contributed by atoms with Crippen molar-refractivity contribution in [1.29, 1.82) is 0 Å². The van der Waals surface area contributed by atoms with Gasteiger partial charge in [0.1, 0.15) is 0 Å². The molecule has 0 amide bonds. The third kappa shape index (κ3) is 4.64. The largest absolute Gasteiger partial charge is 0.481 e. The molecule has 1 saturated heterocycles. The average molecular weight is 275 g/mol. The van der Waals surface area contributed by atoms with Crippen LogP contribution in [0.25, 0.3) is 0 Å². The summed E-state index contributed by atoms with van der Waals surface area (Å²) in [6.07, 6.45) is 3.52. The fraction of sp³-hybridized carbons (Fsp3) is 0.588. The molecule has 0 aromatic heterocycles. The molecule has 110 valence electrons. The van der Waals surface area contributed by atoms with Crippen molar-refractivity contribution in [2.75, 3.05) is 19.6 Å². The molecule has 2 rings (SSSR count). The van der Waals surface area contributed by atoms with Gasteiger partial charge in [-0.1, -0.05) is 37.3 Å². The van der Waals surface area contributed by atoms with Gasteiger partial charge >= 0.3 is 5.97 Å². The zero-order valence-corrected chi connectivity index (χ0v) is 12.3. The number of carboxylic acids is 1. The Kier molecular flexibility index (Phi) is 5.60. The van der Waals surface area contributed by atoms with E-state index in [0.29, 0.717) is 18.3 Å². The van der Waals surface area contributed by atoms with Gasteiger partial charge in [0.05, 0.1) is 0 Å². The lowest BCUT2D eigenvalue weighted by Gasteiger charge is -2.34. The van der Waals surface area contributed by atoms with Crippen LogP contribution < -0.4 is 0 Å². The molecule has 0 aliphatic carbocycles. The number of rotatable bonds is 6. The zero-order valence-electron chi connectivity index (χ0n) is 12.3. The fourth-order valence-electron chi connectivity index (χ4n) is 3.15. The van der Waals surface area contributed by atoms with Crippen molar-refractivity contribution in [3.63, 3.8) is 0 Å². The topological polar surface area (TPSA) is 40.5 Å². The van der Waals surface area contributed by atoms with Crippen LogP contribution in [0, 0.1) is 5.92 Å². The van der Waals surface area contributed by atoms with Crippen LogP contribution in [0.3, 0.4) is 0 Å². The lowest BCUT2D eigenvalue weighted by Crippen LogP contribution is -2.37. The van der Waals surface area contributed by atoms with Gasteiger partial charge in [-0.3, -0.25) is 4.79 Å². The SMILES string of the molecule is CC(CN1CCCC(CCC(=O)O)C1)c1ccccc1. The molecule has 2 atom stereocenters. The van der Waals surface area contributed by atoms with E-state index >= 15 is 0 Å². The number of carboxylic acid groups (broad SMARTS) is 1. The molecular formula is C17H25NO2. The summed E-state index contributed by atoms with van der Waals surface area (Å²) in [7, 11) is 0. The molecule has 2 unspecified atom stereocenters. The molecular weight excluding hydrogens is 250 g/mol. The standard InChI is InChI=1S/C17H25NO2/c1-14(16-7-3-2-4-8-16)12-18-11-5-6-15(13-18)9-10-17(19)20/h2-4,7-8,14-15H,5-6,9-13H2,1H3,(H,19,20). The molecule has 1 aromatic rings. The molecule has 1 aliphatic rings. The summed E-state index contributed by atoms with van der Waals surface area (Å²) >= 11 is 0. The van der Waals surface area contributed by atoms with Gasteiger partial charge in [-0.2, -0.15) is 0 Å². The van der Waals surface area contributed by atoms with E-state index in [2.05, 4.69) is 42.2 Å². The zero-order chi connectivity index (χ0) is 14.4. The quantitative estimate of drug-likeness (QED) is 0.865. The Labute approximate surface area is 121 Å². The van der Waals surface area contributed by atoms with E-state index in [1.54, 1.807) is 0 Å². The van der Waals surface area contributed by atoms with Crippen molar-refractivity contribution >= 4 is 5.97 Å². The molecule has 1 N–H and O–H groups in total. The maximum atomic E-state index is 10.7. The number of benzene rings is 1. The van der Waals surface area contributed by atoms with Crippen LogP contribution in [0.15, 0.2) is 30.3 Å². The third-order valence-corrected chi connectivity index (χ3v) is 4.27. The Morgan fingerprint density at radius 2 is 2.15 bits per heavy atom. The van der Waals surface area contributed by atoms with Crippen molar-refractivity contribution in [3.05, 3.63) is 35.9 Å². The van der Waals surface area contributed by atoms with Crippen molar-refractivity contribution in [2.24, 2.45) is 5.92 Å². The van der Waals surface area contributed by atoms with Crippen LogP contribution in [-0.4, -0.2) is 35.6 Å². The number of aliphatic carboxylic acids is 1. The minimum atomic E-state index is -0.667. The summed E-state index contributed by atoms with van der Waals surface area (Å²) < 4.78 is 0. The monoisotopic (exact) mass is 275 g/mol. The van der Waals surface area contributed by atoms with Crippen LogP contribution in [0.1, 0.15) is 44.1 Å². The van der Waals surface area contributed by atoms with Crippen LogP contribution >= 0.6 is 0 Å². The molecule has 0 saturated carbocycles. The fourth-order valence-corrected chi connectivity index (χ4v) is 3.15. The van der Waals surface area contributed by atoms with E-state index < -0.39 is 5.97 Å². The highest BCUT2D eigenvalue weighted by Gasteiger charge is 2.22.